The number of hydrogen-bond donors (Lipinski definition) is 2. The Bertz CT molecular complexity index is 1190. The van der Waals surface area contributed by atoms with Gasteiger partial charge in [0.2, 0.25) is 5.91 Å². The number of fused-ring (bicyclic) bond motifs is 1. The van der Waals surface area contributed by atoms with Crippen molar-refractivity contribution in [3.63, 3.8) is 0 Å². The molecule has 1 aliphatic heterocycles. The standard InChI is InChI=1S/C30H35ClN4O/c31-23-14-15-25-26(17-20-33-27(25)21-23)32-18-8-19-34-29-28(16-13-22-9-4-3-5-10-22)35(30(29)36)24-11-6-1-2-7-12-24/h3-5,9-10,13-17,20-21,24,28-29,34H,1-2,6-8,11-12,18-19H2,(H,32,33)/b16-13+/t28-,29+/m1/s1. The molecule has 1 saturated carbocycles. The highest BCUT2D eigenvalue weighted by molar-refractivity contribution is 6.31. The molecule has 0 unspecified atom stereocenters. The Labute approximate surface area is 218 Å². The van der Waals surface area contributed by atoms with Gasteiger partial charge in [-0.05, 0) is 55.6 Å². The predicted octanol–water partition coefficient (Wildman–Crippen LogP) is 6.30. The number of likely N-dealkylation sites (tertiary alicyclic amines) is 1. The molecule has 1 amide bonds. The van der Waals surface area contributed by atoms with Crippen molar-refractivity contribution in [3.8, 4) is 0 Å². The number of aromatic nitrogens is 1. The maximum Gasteiger partial charge on any atom is 0.243 e. The molecule has 2 aromatic carbocycles. The van der Waals surface area contributed by atoms with E-state index in [4.69, 9.17) is 11.6 Å². The first-order valence-corrected chi connectivity index (χ1v) is 13.7. The number of halogens is 1. The van der Waals surface area contributed by atoms with E-state index in [1.54, 1.807) is 6.20 Å². The summed E-state index contributed by atoms with van der Waals surface area (Å²) in [5.41, 5.74) is 3.11. The number of nitrogens with zero attached hydrogens (tertiary/aromatic N) is 2. The summed E-state index contributed by atoms with van der Waals surface area (Å²) in [5, 5.41) is 8.83. The predicted molar refractivity (Wildman–Crippen MR) is 149 cm³/mol. The zero-order valence-corrected chi connectivity index (χ0v) is 21.5. The number of carbonyl (C=O) groups is 1. The van der Waals surface area contributed by atoms with Gasteiger partial charge in [-0.1, -0.05) is 79.8 Å². The van der Waals surface area contributed by atoms with Gasteiger partial charge in [0.15, 0.2) is 0 Å². The minimum Gasteiger partial charge on any atom is -0.384 e. The van der Waals surface area contributed by atoms with E-state index >= 15 is 0 Å². The number of rotatable bonds is 9. The van der Waals surface area contributed by atoms with E-state index in [2.05, 4.69) is 56.9 Å². The molecule has 1 aliphatic carbocycles. The first kappa shape index (κ1) is 24.8. The Morgan fingerprint density at radius 2 is 1.81 bits per heavy atom. The fourth-order valence-corrected chi connectivity index (χ4v) is 5.69. The second-order valence-corrected chi connectivity index (χ2v) is 10.3. The monoisotopic (exact) mass is 502 g/mol. The van der Waals surface area contributed by atoms with Crippen molar-refractivity contribution in [2.24, 2.45) is 0 Å². The fourth-order valence-electron chi connectivity index (χ4n) is 5.52. The molecule has 0 bridgehead atoms. The molecule has 1 aromatic heterocycles. The van der Waals surface area contributed by atoms with Crippen LogP contribution >= 0.6 is 11.6 Å². The molecule has 5 nitrogen and oxygen atoms in total. The number of pyridine rings is 1. The summed E-state index contributed by atoms with van der Waals surface area (Å²) in [6.07, 6.45) is 14.4. The Hall–Kier alpha value is -2.89. The normalized spacial score (nSPS) is 21.0. The van der Waals surface area contributed by atoms with Crippen molar-refractivity contribution in [1.29, 1.82) is 0 Å². The number of β-lactam (4-membered cyclic amide) rings is 1. The molecule has 6 heteroatoms. The first-order chi connectivity index (χ1) is 17.7. The average Bonchev–Trinajstić information content (AvgIpc) is 3.18. The quantitative estimate of drug-likeness (QED) is 0.205. The molecule has 36 heavy (non-hydrogen) atoms. The molecule has 2 aliphatic rings. The van der Waals surface area contributed by atoms with Crippen LogP contribution in [0.2, 0.25) is 5.02 Å². The van der Waals surface area contributed by atoms with Gasteiger partial charge in [0.25, 0.3) is 0 Å². The lowest BCUT2D eigenvalue weighted by molar-refractivity contribution is -0.152. The van der Waals surface area contributed by atoms with Gasteiger partial charge >= 0.3 is 0 Å². The van der Waals surface area contributed by atoms with Crippen LogP contribution in [-0.2, 0) is 4.79 Å². The lowest BCUT2D eigenvalue weighted by atomic mass is 9.89. The highest BCUT2D eigenvalue weighted by Crippen LogP contribution is 2.32. The smallest absolute Gasteiger partial charge is 0.243 e. The molecule has 3 aromatic rings. The summed E-state index contributed by atoms with van der Waals surface area (Å²) >= 11 is 6.11. The van der Waals surface area contributed by atoms with Crippen molar-refractivity contribution in [3.05, 3.63) is 77.5 Å². The van der Waals surface area contributed by atoms with Crippen molar-refractivity contribution >= 4 is 40.2 Å². The van der Waals surface area contributed by atoms with Crippen molar-refractivity contribution in [2.75, 3.05) is 18.4 Å². The van der Waals surface area contributed by atoms with Crippen LogP contribution in [0, 0.1) is 0 Å². The first-order valence-electron chi connectivity index (χ1n) is 13.3. The Balaban J connectivity index is 1.18. The van der Waals surface area contributed by atoms with E-state index in [0.717, 1.165) is 48.9 Å². The van der Waals surface area contributed by atoms with E-state index in [-0.39, 0.29) is 18.0 Å². The lowest BCUT2D eigenvalue weighted by Crippen LogP contribution is -2.71. The number of anilines is 1. The Kier molecular flexibility index (Phi) is 8.19. The third kappa shape index (κ3) is 5.74. The average molecular weight is 503 g/mol. The van der Waals surface area contributed by atoms with Crippen molar-refractivity contribution in [2.45, 2.75) is 63.1 Å². The summed E-state index contributed by atoms with van der Waals surface area (Å²) < 4.78 is 0. The van der Waals surface area contributed by atoms with Crippen molar-refractivity contribution in [1.82, 2.24) is 15.2 Å². The summed E-state index contributed by atoms with van der Waals surface area (Å²) in [7, 11) is 0. The third-order valence-corrected chi connectivity index (χ3v) is 7.66. The molecule has 1 saturated heterocycles. The second kappa shape index (κ2) is 11.9. The van der Waals surface area contributed by atoms with E-state index in [1.807, 2.05) is 30.3 Å². The topological polar surface area (TPSA) is 57.3 Å². The highest BCUT2D eigenvalue weighted by atomic mass is 35.5. The number of amides is 1. The van der Waals surface area contributed by atoms with Crippen LogP contribution in [0.15, 0.2) is 66.9 Å². The summed E-state index contributed by atoms with van der Waals surface area (Å²) in [5.74, 6) is 0.259. The molecule has 0 spiro atoms. The van der Waals surface area contributed by atoms with Gasteiger partial charge in [-0.3, -0.25) is 9.78 Å². The molecule has 5 rings (SSSR count). The van der Waals surface area contributed by atoms with Crippen LogP contribution in [-0.4, -0.2) is 47.0 Å². The van der Waals surface area contributed by atoms with E-state index in [1.165, 1.54) is 31.2 Å². The number of nitrogens with one attached hydrogen (secondary N) is 2. The van der Waals surface area contributed by atoms with Gasteiger partial charge in [0, 0.05) is 34.9 Å². The van der Waals surface area contributed by atoms with Gasteiger partial charge < -0.3 is 15.5 Å². The fraction of sp³-hybridized carbons (Fsp3) is 0.400. The summed E-state index contributed by atoms with van der Waals surface area (Å²) in [6.45, 7) is 1.60. The molecule has 2 atom stereocenters. The molecule has 2 fully saturated rings. The maximum absolute atomic E-state index is 13.3. The summed E-state index contributed by atoms with van der Waals surface area (Å²) in [6, 6.07) is 18.5. The molecule has 2 N–H and O–H groups in total. The van der Waals surface area contributed by atoms with Gasteiger partial charge in [-0.2, -0.15) is 0 Å². The van der Waals surface area contributed by atoms with Crippen LogP contribution < -0.4 is 10.6 Å². The molecule has 2 heterocycles. The van der Waals surface area contributed by atoms with Crippen LogP contribution in [0.25, 0.3) is 17.0 Å². The van der Waals surface area contributed by atoms with E-state index < -0.39 is 0 Å². The SMILES string of the molecule is O=C1[C@@H](NCCCNc2ccnc3cc(Cl)ccc23)[C@@H](/C=C/c2ccccc2)N1C1CCCCCC1. The van der Waals surface area contributed by atoms with Gasteiger partial charge in [0.05, 0.1) is 11.6 Å². The molecular weight excluding hydrogens is 468 g/mol. The van der Waals surface area contributed by atoms with Gasteiger partial charge in [0.1, 0.15) is 6.04 Å². The maximum atomic E-state index is 13.3. The lowest BCUT2D eigenvalue weighted by Gasteiger charge is -2.50. The molecule has 0 radical (unpaired) electrons. The highest BCUT2D eigenvalue weighted by Gasteiger charge is 2.48. The van der Waals surface area contributed by atoms with Gasteiger partial charge in [-0.25, -0.2) is 0 Å². The molecular formula is C30H35ClN4O. The minimum absolute atomic E-state index is 0.114. The van der Waals surface area contributed by atoms with Crippen LogP contribution in [0.1, 0.15) is 50.5 Å². The Morgan fingerprint density at radius 3 is 2.61 bits per heavy atom. The summed E-state index contributed by atoms with van der Waals surface area (Å²) in [4.78, 5) is 19.8. The van der Waals surface area contributed by atoms with E-state index in [9.17, 15) is 4.79 Å². The van der Waals surface area contributed by atoms with Crippen LogP contribution in [0.5, 0.6) is 0 Å². The number of hydrogen-bond acceptors (Lipinski definition) is 4. The van der Waals surface area contributed by atoms with Gasteiger partial charge in [-0.15, -0.1) is 0 Å². The zero-order chi connectivity index (χ0) is 24.7. The molecule has 188 valence electrons. The van der Waals surface area contributed by atoms with E-state index in [0.29, 0.717) is 11.1 Å². The number of carbonyl (C=O) groups excluding carboxylic acids is 1. The zero-order valence-electron chi connectivity index (χ0n) is 20.7. The van der Waals surface area contributed by atoms with Crippen LogP contribution in [0.4, 0.5) is 5.69 Å². The largest absolute Gasteiger partial charge is 0.384 e. The number of benzene rings is 2. The van der Waals surface area contributed by atoms with Crippen LogP contribution in [0.3, 0.4) is 0 Å². The Morgan fingerprint density at radius 1 is 1.00 bits per heavy atom. The third-order valence-electron chi connectivity index (χ3n) is 7.42. The van der Waals surface area contributed by atoms with Crippen molar-refractivity contribution < 1.29 is 4.79 Å². The second-order valence-electron chi connectivity index (χ2n) is 9.88. The minimum atomic E-state index is -0.142.